The third-order valence-electron chi connectivity index (χ3n) is 5.74. The van der Waals surface area contributed by atoms with Crippen molar-refractivity contribution >= 4 is 10.0 Å². The lowest BCUT2D eigenvalue weighted by atomic mass is 10.0. The first-order valence-corrected chi connectivity index (χ1v) is 14.3. The van der Waals surface area contributed by atoms with Gasteiger partial charge in [-0.15, -0.1) is 0 Å². The summed E-state index contributed by atoms with van der Waals surface area (Å²) in [5, 5.41) is 9.52. The number of hydrogen-bond acceptors (Lipinski definition) is 3. The zero-order chi connectivity index (χ0) is 21.6. The fraction of sp³-hybridized carbons (Fsp3) is 1.00. The second-order valence-corrected chi connectivity index (χ2v) is 10.6. The summed E-state index contributed by atoms with van der Waals surface area (Å²) in [5.74, 6) is 0.191. The minimum absolute atomic E-state index is 0.103. The first-order valence-electron chi connectivity index (χ1n) is 12.7. The molecule has 176 valence electrons. The van der Waals surface area contributed by atoms with Crippen LogP contribution in [0.2, 0.25) is 0 Å². The number of nitrogens with one attached hydrogen (secondary N) is 1. The molecule has 0 rings (SSSR count). The molecule has 0 radical (unpaired) electrons. The minimum atomic E-state index is -3.27. The van der Waals surface area contributed by atoms with Crippen molar-refractivity contribution in [2.24, 2.45) is 0 Å². The van der Waals surface area contributed by atoms with Crippen molar-refractivity contribution in [3.05, 3.63) is 0 Å². The first kappa shape index (κ1) is 28.9. The van der Waals surface area contributed by atoms with Gasteiger partial charge in [0.1, 0.15) is 0 Å². The van der Waals surface area contributed by atoms with Crippen LogP contribution in [0.25, 0.3) is 0 Å². The number of aliphatic hydroxyl groups excluding tert-OH is 1. The third kappa shape index (κ3) is 20.9. The Morgan fingerprint density at radius 2 is 1.00 bits per heavy atom. The predicted molar refractivity (Wildman–Crippen MR) is 127 cm³/mol. The highest BCUT2D eigenvalue weighted by Crippen LogP contribution is 2.13. The monoisotopic (exact) mass is 433 g/mol. The number of rotatable bonds is 23. The smallest absolute Gasteiger partial charge is 0.211 e. The van der Waals surface area contributed by atoms with Gasteiger partial charge in [0.05, 0.1) is 12.4 Å². The number of unbranched alkanes of at least 4 members (excludes halogenated alkanes) is 16. The minimum Gasteiger partial charge on any atom is -0.395 e. The van der Waals surface area contributed by atoms with Crippen LogP contribution >= 0.6 is 0 Å². The predicted octanol–water partition coefficient (Wildman–Crippen LogP) is 6.72. The maximum Gasteiger partial charge on any atom is 0.211 e. The Balaban J connectivity index is 3.67. The summed E-state index contributed by atoms with van der Waals surface area (Å²) in [7, 11) is -3.27. The average Bonchev–Trinajstić information content (AvgIpc) is 2.70. The number of aliphatic hydroxyl groups is 1. The van der Waals surface area contributed by atoms with Crippen LogP contribution in [0, 0.1) is 0 Å². The summed E-state index contributed by atoms with van der Waals surface area (Å²) in [4.78, 5) is 0. The van der Waals surface area contributed by atoms with Gasteiger partial charge in [-0.05, 0) is 12.8 Å². The van der Waals surface area contributed by atoms with E-state index in [0.717, 1.165) is 38.5 Å². The molecule has 29 heavy (non-hydrogen) atoms. The van der Waals surface area contributed by atoms with Crippen molar-refractivity contribution < 1.29 is 13.5 Å². The Morgan fingerprint density at radius 3 is 1.41 bits per heavy atom. The molecule has 0 saturated heterocycles. The van der Waals surface area contributed by atoms with Gasteiger partial charge < -0.3 is 5.11 Å². The molecule has 1 unspecified atom stereocenters. The molecule has 1 atom stereocenters. The normalized spacial score (nSPS) is 13.1. The zero-order valence-electron chi connectivity index (χ0n) is 19.6. The van der Waals surface area contributed by atoms with E-state index in [9.17, 15) is 13.5 Å². The van der Waals surface area contributed by atoms with Crippen LogP contribution in [0.3, 0.4) is 0 Å². The molecule has 0 saturated carbocycles. The lowest BCUT2D eigenvalue weighted by Gasteiger charge is -2.16. The van der Waals surface area contributed by atoms with E-state index in [4.69, 9.17) is 0 Å². The van der Waals surface area contributed by atoms with Crippen molar-refractivity contribution in [2.75, 3.05) is 12.4 Å². The number of hydrogen-bond donors (Lipinski definition) is 2. The largest absolute Gasteiger partial charge is 0.395 e. The molecule has 0 bridgehead atoms. The van der Waals surface area contributed by atoms with E-state index in [1.807, 2.05) is 0 Å². The van der Waals surface area contributed by atoms with Crippen LogP contribution in [-0.2, 0) is 10.0 Å². The van der Waals surface area contributed by atoms with Crippen LogP contribution in [0.5, 0.6) is 0 Å². The van der Waals surface area contributed by atoms with Crippen molar-refractivity contribution in [3.8, 4) is 0 Å². The van der Waals surface area contributed by atoms with Crippen LogP contribution < -0.4 is 4.72 Å². The Morgan fingerprint density at radius 1 is 0.621 bits per heavy atom. The van der Waals surface area contributed by atoms with Crippen molar-refractivity contribution in [3.63, 3.8) is 0 Å². The summed E-state index contributed by atoms with van der Waals surface area (Å²) in [6.07, 6.45) is 22.6. The van der Waals surface area contributed by atoms with E-state index in [-0.39, 0.29) is 18.4 Å². The topological polar surface area (TPSA) is 66.4 Å². The third-order valence-corrected chi connectivity index (χ3v) is 7.26. The van der Waals surface area contributed by atoms with Gasteiger partial charge in [-0.25, -0.2) is 13.1 Å². The van der Waals surface area contributed by atoms with Gasteiger partial charge in [0.2, 0.25) is 10.0 Å². The zero-order valence-corrected chi connectivity index (χ0v) is 20.4. The van der Waals surface area contributed by atoms with E-state index in [1.165, 1.54) is 83.5 Å². The fourth-order valence-corrected chi connectivity index (χ4v) is 5.21. The molecular weight excluding hydrogens is 382 g/mol. The highest BCUT2D eigenvalue weighted by atomic mass is 32.2. The standard InChI is InChI=1S/C24H51NO3S/c1-3-5-7-9-11-13-14-15-17-19-21-24(23-26)25-29(27,28)22-20-18-16-12-10-8-6-4-2/h24-26H,3-23H2,1-2H3. The van der Waals surface area contributed by atoms with Crippen molar-refractivity contribution in [1.82, 2.24) is 4.72 Å². The maximum absolute atomic E-state index is 12.2. The Hall–Kier alpha value is -0.130. The Bertz CT molecular complexity index is 426. The average molecular weight is 434 g/mol. The van der Waals surface area contributed by atoms with E-state index in [0.29, 0.717) is 0 Å². The van der Waals surface area contributed by atoms with E-state index in [2.05, 4.69) is 18.6 Å². The van der Waals surface area contributed by atoms with E-state index >= 15 is 0 Å². The van der Waals surface area contributed by atoms with E-state index in [1.54, 1.807) is 0 Å². The summed E-state index contributed by atoms with van der Waals surface area (Å²) < 4.78 is 27.2. The van der Waals surface area contributed by atoms with E-state index < -0.39 is 10.0 Å². The molecule has 4 nitrogen and oxygen atoms in total. The molecule has 0 heterocycles. The Kier molecular flexibility index (Phi) is 21.0. The van der Waals surface area contributed by atoms with Gasteiger partial charge in [-0.2, -0.15) is 0 Å². The summed E-state index contributed by atoms with van der Waals surface area (Å²) in [6.45, 7) is 4.36. The van der Waals surface area contributed by atoms with Gasteiger partial charge in [-0.3, -0.25) is 0 Å². The highest BCUT2D eigenvalue weighted by Gasteiger charge is 2.16. The molecule has 5 heteroatoms. The van der Waals surface area contributed by atoms with Gasteiger partial charge >= 0.3 is 0 Å². The summed E-state index contributed by atoms with van der Waals surface area (Å²) >= 11 is 0. The summed E-state index contributed by atoms with van der Waals surface area (Å²) in [6, 6.07) is -0.317. The molecule has 0 aliphatic heterocycles. The second kappa shape index (κ2) is 21.1. The van der Waals surface area contributed by atoms with Crippen LogP contribution in [0.15, 0.2) is 0 Å². The van der Waals surface area contributed by atoms with Gasteiger partial charge in [-0.1, -0.05) is 123 Å². The molecule has 0 aromatic carbocycles. The van der Waals surface area contributed by atoms with Gasteiger partial charge in [0, 0.05) is 6.04 Å². The lowest BCUT2D eigenvalue weighted by Crippen LogP contribution is -2.38. The van der Waals surface area contributed by atoms with Crippen molar-refractivity contribution in [2.45, 2.75) is 142 Å². The lowest BCUT2D eigenvalue weighted by molar-refractivity contribution is 0.247. The quantitative estimate of drug-likeness (QED) is 0.176. The molecule has 0 aromatic heterocycles. The Labute approximate surface area is 182 Å². The maximum atomic E-state index is 12.2. The molecule has 0 amide bonds. The molecule has 0 fully saturated rings. The van der Waals surface area contributed by atoms with Crippen LogP contribution in [-0.4, -0.2) is 31.9 Å². The van der Waals surface area contributed by atoms with Crippen molar-refractivity contribution in [1.29, 1.82) is 0 Å². The highest BCUT2D eigenvalue weighted by molar-refractivity contribution is 7.89. The molecular formula is C24H51NO3S. The molecule has 0 aliphatic carbocycles. The summed E-state index contributed by atoms with van der Waals surface area (Å²) in [5.41, 5.74) is 0. The van der Waals surface area contributed by atoms with Crippen LogP contribution in [0.1, 0.15) is 136 Å². The van der Waals surface area contributed by atoms with Gasteiger partial charge in [0.15, 0.2) is 0 Å². The second-order valence-electron chi connectivity index (χ2n) is 8.76. The van der Waals surface area contributed by atoms with Crippen LogP contribution in [0.4, 0.5) is 0 Å². The number of sulfonamides is 1. The first-order chi connectivity index (χ1) is 14.1. The molecule has 0 aliphatic rings. The molecule has 0 spiro atoms. The SMILES string of the molecule is CCCCCCCCCCCCC(CO)NS(=O)(=O)CCCCCCCCCC. The van der Waals surface area contributed by atoms with Gasteiger partial charge in [0.25, 0.3) is 0 Å². The molecule has 0 aromatic rings. The molecule has 2 N–H and O–H groups in total. The fourth-order valence-electron chi connectivity index (χ4n) is 3.80.